The molecule has 1 fully saturated rings. The number of nitrogens with one attached hydrogen (secondary N) is 1. The zero-order chi connectivity index (χ0) is 12.3. The van der Waals surface area contributed by atoms with E-state index in [-0.39, 0.29) is 0 Å². The van der Waals surface area contributed by atoms with Crippen molar-refractivity contribution in [3.05, 3.63) is 22.7 Å². The smallest absolute Gasteiger partial charge is 0.0486 e. The fraction of sp³-hybridized carbons (Fsp3) is 0.538. The molecular weight excluding hydrogens is 278 g/mol. The molecule has 1 aromatic carbocycles. The minimum Gasteiger partial charge on any atom is -0.399 e. The van der Waals surface area contributed by atoms with Crippen LogP contribution < -0.4 is 11.1 Å². The monoisotopic (exact) mass is 297 g/mol. The summed E-state index contributed by atoms with van der Waals surface area (Å²) in [4.78, 5) is 2.41. The number of halogens is 1. The lowest BCUT2D eigenvalue weighted by molar-refractivity contribution is 0.217. The molecule has 0 bridgehead atoms. The van der Waals surface area contributed by atoms with E-state index in [4.69, 9.17) is 5.73 Å². The molecule has 0 saturated carbocycles. The molecule has 0 amide bonds. The first-order valence-corrected chi connectivity index (χ1v) is 6.92. The highest BCUT2D eigenvalue weighted by Gasteiger charge is 2.16. The number of nitrogens with two attached hydrogens (primary N) is 1. The Morgan fingerprint density at radius 1 is 1.53 bits per heavy atom. The Hall–Kier alpha value is -0.740. The number of nitrogens with zero attached hydrogens (tertiary/aromatic N) is 1. The van der Waals surface area contributed by atoms with Crippen LogP contribution in [0.3, 0.4) is 0 Å². The molecule has 1 aromatic rings. The summed E-state index contributed by atoms with van der Waals surface area (Å²) in [6.07, 6.45) is 2.63. The first kappa shape index (κ1) is 12.7. The predicted molar refractivity (Wildman–Crippen MR) is 77.3 cm³/mol. The summed E-state index contributed by atoms with van der Waals surface area (Å²) in [7, 11) is 2.20. The highest BCUT2D eigenvalue weighted by molar-refractivity contribution is 9.10. The van der Waals surface area contributed by atoms with Crippen molar-refractivity contribution in [3.63, 3.8) is 0 Å². The molecular formula is C13H20BrN3. The molecule has 3 N–H and O–H groups in total. The van der Waals surface area contributed by atoms with Gasteiger partial charge in [0.25, 0.3) is 0 Å². The van der Waals surface area contributed by atoms with Crippen LogP contribution in [0.25, 0.3) is 0 Å². The van der Waals surface area contributed by atoms with Gasteiger partial charge in [0.2, 0.25) is 0 Å². The van der Waals surface area contributed by atoms with Gasteiger partial charge < -0.3 is 16.0 Å². The summed E-state index contributed by atoms with van der Waals surface area (Å²) in [6.45, 7) is 3.47. The molecule has 1 saturated heterocycles. The summed E-state index contributed by atoms with van der Waals surface area (Å²) in [5.41, 5.74) is 7.64. The van der Waals surface area contributed by atoms with Gasteiger partial charge in [-0.25, -0.2) is 0 Å². The minimum atomic E-state index is 0.748. The van der Waals surface area contributed by atoms with Crippen molar-refractivity contribution < 1.29 is 0 Å². The molecule has 0 aromatic heterocycles. The first-order valence-electron chi connectivity index (χ1n) is 6.12. The maximum Gasteiger partial charge on any atom is 0.0486 e. The molecule has 17 heavy (non-hydrogen) atoms. The lowest BCUT2D eigenvalue weighted by atomic mass is 9.98. The van der Waals surface area contributed by atoms with Crippen LogP contribution in [0.5, 0.6) is 0 Å². The third-order valence-electron chi connectivity index (χ3n) is 3.30. The highest BCUT2D eigenvalue weighted by atomic mass is 79.9. The van der Waals surface area contributed by atoms with Gasteiger partial charge >= 0.3 is 0 Å². The Balaban J connectivity index is 1.88. The van der Waals surface area contributed by atoms with E-state index in [9.17, 15) is 0 Å². The van der Waals surface area contributed by atoms with Crippen molar-refractivity contribution >= 4 is 27.3 Å². The second kappa shape index (κ2) is 5.74. The van der Waals surface area contributed by atoms with Crippen molar-refractivity contribution in [3.8, 4) is 0 Å². The van der Waals surface area contributed by atoms with Crippen LogP contribution in [0.1, 0.15) is 12.8 Å². The molecule has 1 atom stereocenters. The van der Waals surface area contributed by atoms with Crippen LogP contribution >= 0.6 is 15.9 Å². The van der Waals surface area contributed by atoms with E-state index >= 15 is 0 Å². The average Bonchev–Trinajstić information content (AvgIpc) is 2.28. The molecule has 1 aliphatic rings. The predicted octanol–water partition coefficient (Wildman–Crippen LogP) is 2.79. The molecule has 4 heteroatoms. The van der Waals surface area contributed by atoms with Gasteiger partial charge in [-0.1, -0.05) is 0 Å². The summed E-state index contributed by atoms with van der Waals surface area (Å²) in [5.74, 6) is 0.748. The zero-order valence-electron chi connectivity index (χ0n) is 10.2. The van der Waals surface area contributed by atoms with E-state index < -0.39 is 0 Å². The maximum atomic E-state index is 5.72. The molecule has 0 radical (unpaired) electrons. The number of nitrogen functional groups attached to an aromatic ring is 1. The topological polar surface area (TPSA) is 41.3 Å². The van der Waals surface area contributed by atoms with Crippen LogP contribution in [0.2, 0.25) is 0 Å². The zero-order valence-corrected chi connectivity index (χ0v) is 11.8. The summed E-state index contributed by atoms with van der Waals surface area (Å²) >= 11 is 3.53. The molecule has 0 spiro atoms. The molecule has 1 heterocycles. The van der Waals surface area contributed by atoms with Crippen LogP contribution in [0.4, 0.5) is 11.4 Å². The van der Waals surface area contributed by atoms with Crippen molar-refractivity contribution in [1.29, 1.82) is 0 Å². The van der Waals surface area contributed by atoms with Gasteiger partial charge in [0.15, 0.2) is 0 Å². The van der Waals surface area contributed by atoms with Gasteiger partial charge in [-0.2, -0.15) is 0 Å². The average molecular weight is 298 g/mol. The molecule has 0 aliphatic carbocycles. The quantitative estimate of drug-likeness (QED) is 0.843. The van der Waals surface area contributed by atoms with Gasteiger partial charge in [0.1, 0.15) is 0 Å². The maximum absolute atomic E-state index is 5.72. The van der Waals surface area contributed by atoms with E-state index in [1.807, 2.05) is 18.2 Å². The summed E-state index contributed by atoms with van der Waals surface area (Å²) in [5, 5.41) is 3.50. The van der Waals surface area contributed by atoms with Crippen molar-refractivity contribution in [2.75, 3.05) is 37.7 Å². The third kappa shape index (κ3) is 3.61. The van der Waals surface area contributed by atoms with Crippen LogP contribution in [0, 0.1) is 5.92 Å². The molecule has 94 valence electrons. The summed E-state index contributed by atoms with van der Waals surface area (Å²) in [6, 6.07) is 5.90. The van der Waals surface area contributed by atoms with Crippen molar-refractivity contribution in [2.45, 2.75) is 12.8 Å². The molecule has 3 nitrogen and oxygen atoms in total. The van der Waals surface area contributed by atoms with Crippen molar-refractivity contribution in [2.24, 2.45) is 5.92 Å². The standard InChI is InChI=1S/C13H20BrN3/c1-17-6-2-3-10(9-17)8-16-13-5-4-11(15)7-12(13)14/h4-5,7,10,16H,2-3,6,8-9,15H2,1H3. The third-order valence-corrected chi connectivity index (χ3v) is 3.95. The second-order valence-electron chi connectivity index (χ2n) is 4.89. The lowest BCUT2D eigenvalue weighted by Crippen LogP contribution is -2.35. The fourth-order valence-electron chi connectivity index (χ4n) is 2.37. The van der Waals surface area contributed by atoms with E-state index in [0.717, 1.165) is 28.3 Å². The van der Waals surface area contributed by atoms with E-state index in [1.165, 1.54) is 25.9 Å². The van der Waals surface area contributed by atoms with E-state index in [1.54, 1.807) is 0 Å². The normalized spacial score (nSPS) is 21.4. The first-order chi connectivity index (χ1) is 8.15. The largest absolute Gasteiger partial charge is 0.399 e. The van der Waals surface area contributed by atoms with E-state index in [0.29, 0.717) is 0 Å². The van der Waals surface area contributed by atoms with Gasteiger partial charge in [-0.15, -0.1) is 0 Å². The Labute approximate surface area is 111 Å². The number of piperidine rings is 1. The second-order valence-corrected chi connectivity index (χ2v) is 5.75. The Morgan fingerprint density at radius 2 is 2.35 bits per heavy atom. The Morgan fingerprint density at radius 3 is 3.06 bits per heavy atom. The number of benzene rings is 1. The molecule has 1 aliphatic heterocycles. The van der Waals surface area contributed by atoms with E-state index in [2.05, 4.69) is 33.2 Å². The van der Waals surface area contributed by atoms with Gasteiger partial charge in [-0.05, 0) is 66.5 Å². The lowest BCUT2D eigenvalue weighted by Gasteiger charge is -2.30. The molecule has 2 rings (SSSR count). The SMILES string of the molecule is CN1CCCC(CNc2ccc(N)cc2Br)C1. The fourth-order valence-corrected chi connectivity index (χ4v) is 2.91. The van der Waals surface area contributed by atoms with Gasteiger partial charge in [-0.3, -0.25) is 0 Å². The number of rotatable bonds is 3. The minimum absolute atomic E-state index is 0.748. The number of anilines is 2. The number of hydrogen-bond donors (Lipinski definition) is 2. The molecule has 1 unspecified atom stereocenters. The van der Waals surface area contributed by atoms with Crippen molar-refractivity contribution in [1.82, 2.24) is 4.90 Å². The summed E-state index contributed by atoms with van der Waals surface area (Å²) < 4.78 is 1.04. The Kier molecular flexibility index (Phi) is 4.29. The Bertz CT molecular complexity index is 381. The van der Waals surface area contributed by atoms with Crippen LogP contribution in [-0.2, 0) is 0 Å². The van der Waals surface area contributed by atoms with Crippen LogP contribution in [-0.4, -0.2) is 31.6 Å². The van der Waals surface area contributed by atoms with Crippen LogP contribution in [0.15, 0.2) is 22.7 Å². The number of likely N-dealkylation sites (tertiary alicyclic amines) is 1. The van der Waals surface area contributed by atoms with Gasteiger partial charge in [0, 0.05) is 28.9 Å². The van der Waals surface area contributed by atoms with Gasteiger partial charge in [0.05, 0.1) is 0 Å². The number of hydrogen-bond acceptors (Lipinski definition) is 3. The highest BCUT2D eigenvalue weighted by Crippen LogP contribution is 2.25.